The smallest absolute Gasteiger partial charge is 0.226 e. The molecule has 0 bridgehead atoms. The number of rotatable bonds is 5. The van der Waals surface area contributed by atoms with E-state index in [1.807, 2.05) is 6.92 Å². The van der Waals surface area contributed by atoms with E-state index in [1.54, 1.807) is 6.20 Å². The molecule has 1 aromatic heterocycles. The molecule has 4 nitrogen and oxygen atoms in total. The molecule has 2 N–H and O–H groups in total. The van der Waals surface area contributed by atoms with E-state index in [4.69, 9.17) is 0 Å². The maximum Gasteiger partial charge on any atom is 0.226 e. The van der Waals surface area contributed by atoms with Crippen molar-refractivity contribution in [2.45, 2.75) is 18.2 Å². The molecule has 7 heteroatoms. The van der Waals surface area contributed by atoms with Crippen molar-refractivity contribution in [3.05, 3.63) is 41.6 Å². The summed E-state index contributed by atoms with van der Waals surface area (Å²) in [6.07, 6.45) is 1.88. The number of hydrogen-bond acceptors (Lipinski definition) is 3. The van der Waals surface area contributed by atoms with Crippen LogP contribution in [0.25, 0.3) is 0 Å². The van der Waals surface area contributed by atoms with Crippen LogP contribution in [0, 0.1) is 18.6 Å². The fourth-order valence-corrected chi connectivity index (χ4v) is 2.38. The molecule has 106 valence electrons. The number of carbonyl (C=O) groups is 1. The van der Waals surface area contributed by atoms with Gasteiger partial charge in [-0.2, -0.15) is 5.10 Å². The van der Waals surface area contributed by atoms with Crippen LogP contribution in [0.4, 0.5) is 14.6 Å². The summed E-state index contributed by atoms with van der Waals surface area (Å²) in [5.74, 6) is -0.862. The summed E-state index contributed by atoms with van der Waals surface area (Å²) in [4.78, 5) is 12.3. The van der Waals surface area contributed by atoms with Crippen molar-refractivity contribution in [2.75, 3.05) is 11.1 Å². The van der Waals surface area contributed by atoms with Gasteiger partial charge in [0.05, 0.1) is 6.20 Å². The van der Waals surface area contributed by atoms with E-state index in [9.17, 15) is 13.6 Å². The lowest BCUT2D eigenvalue weighted by atomic mass is 10.3. The van der Waals surface area contributed by atoms with Gasteiger partial charge in [0.15, 0.2) is 11.6 Å². The van der Waals surface area contributed by atoms with Crippen molar-refractivity contribution in [1.29, 1.82) is 0 Å². The molecule has 1 amide bonds. The molecule has 1 heterocycles. The molecular formula is C13H13F2N3OS. The molecule has 0 aliphatic heterocycles. The second kappa shape index (κ2) is 6.51. The predicted octanol–water partition coefficient (Wildman–Crippen LogP) is 3.12. The van der Waals surface area contributed by atoms with Gasteiger partial charge in [-0.05, 0) is 25.1 Å². The third-order valence-electron chi connectivity index (χ3n) is 2.58. The van der Waals surface area contributed by atoms with Crippen LogP contribution in [0.1, 0.15) is 12.0 Å². The molecule has 0 fully saturated rings. The van der Waals surface area contributed by atoms with E-state index in [0.717, 1.165) is 17.7 Å². The molecule has 0 radical (unpaired) electrons. The van der Waals surface area contributed by atoms with Crippen LogP contribution >= 0.6 is 11.8 Å². The first kappa shape index (κ1) is 14.5. The number of hydrogen-bond donors (Lipinski definition) is 2. The summed E-state index contributed by atoms with van der Waals surface area (Å²) in [6, 6.07) is 3.68. The highest BCUT2D eigenvalue weighted by Gasteiger charge is 2.07. The van der Waals surface area contributed by atoms with Crippen LogP contribution in [0.3, 0.4) is 0 Å². The number of H-pyrrole nitrogens is 1. The largest absolute Gasteiger partial charge is 0.311 e. The topological polar surface area (TPSA) is 57.8 Å². The lowest BCUT2D eigenvalue weighted by Crippen LogP contribution is -2.13. The number of anilines is 1. The Labute approximate surface area is 119 Å². The lowest BCUT2D eigenvalue weighted by molar-refractivity contribution is -0.115. The van der Waals surface area contributed by atoms with Crippen molar-refractivity contribution in [1.82, 2.24) is 10.2 Å². The Bertz CT molecular complexity index is 615. The van der Waals surface area contributed by atoms with E-state index >= 15 is 0 Å². The molecular weight excluding hydrogens is 284 g/mol. The van der Waals surface area contributed by atoms with Gasteiger partial charge < -0.3 is 5.32 Å². The first-order valence-corrected chi connectivity index (χ1v) is 6.92. The van der Waals surface area contributed by atoms with Crippen LogP contribution < -0.4 is 5.32 Å². The third-order valence-corrected chi connectivity index (χ3v) is 3.58. The van der Waals surface area contributed by atoms with Crippen molar-refractivity contribution in [3.8, 4) is 0 Å². The van der Waals surface area contributed by atoms with Crippen LogP contribution in [0.5, 0.6) is 0 Å². The molecule has 20 heavy (non-hydrogen) atoms. The summed E-state index contributed by atoms with van der Waals surface area (Å²) < 4.78 is 25.7. The van der Waals surface area contributed by atoms with E-state index in [2.05, 4.69) is 15.5 Å². The zero-order valence-electron chi connectivity index (χ0n) is 10.7. The molecule has 2 aromatic rings. The van der Waals surface area contributed by atoms with Crippen LogP contribution in [-0.4, -0.2) is 21.9 Å². The highest BCUT2D eigenvalue weighted by atomic mass is 32.2. The highest BCUT2D eigenvalue weighted by molar-refractivity contribution is 7.99. The van der Waals surface area contributed by atoms with E-state index in [1.165, 1.54) is 17.8 Å². The zero-order valence-corrected chi connectivity index (χ0v) is 11.6. The zero-order chi connectivity index (χ0) is 14.5. The Morgan fingerprint density at radius 3 is 2.85 bits per heavy atom. The number of benzene rings is 1. The van der Waals surface area contributed by atoms with Crippen molar-refractivity contribution in [3.63, 3.8) is 0 Å². The Kier molecular flexibility index (Phi) is 4.73. The normalized spacial score (nSPS) is 10.6. The van der Waals surface area contributed by atoms with Crippen LogP contribution in [0.15, 0.2) is 29.3 Å². The lowest BCUT2D eigenvalue weighted by Gasteiger charge is -2.04. The summed E-state index contributed by atoms with van der Waals surface area (Å²) in [7, 11) is 0. The molecule has 2 rings (SSSR count). The second-order valence-electron chi connectivity index (χ2n) is 4.15. The van der Waals surface area contributed by atoms with Crippen molar-refractivity contribution < 1.29 is 13.6 Å². The number of nitrogens with one attached hydrogen (secondary N) is 2. The van der Waals surface area contributed by atoms with Crippen LogP contribution in [0.2, 0.25) is 0 Å². The number of carbonyl (C=O) groups excluding carboxylic acids is 1. The summed E-state index contributed by atoms with van der Waals surface area (Å²) >= 11 is 1.30. The monoisotopic (exact) mass is 297 g/mol. The fraction of sp³-hybridized carbons (Fsp3) is 0.231. The Morgan fingerprint density at radius 1 is 1.40 bits per heavy atom. The predicted molar refractivity (Wildman–Crippen MR) is 73.7 cm³/mol. The molecule has 1 aromatic carbocycles. The molecule has 0 aliphatic rings. The van der Waals surface area contributed by atoms with Gasteiger partial charge in [0.2, 0.25) is 5.91 Å². The SMILES string of the molecule is Cc1cn[nH]c1NC(=O)CCSc1ccc(F)c(F)c1. The van der Waals surface area contributed by atoms with Gasteiger partial charge in [0.1, 0.15) is 5.82 Å². The van der Waals surface area contributed by atoms with E-state index in [-0.39, 0.29) is 12.3 Å². The molecule has 0 saturated carbocycles. The van der Waals surface area contributed by atoms with Gasteiger partial charge in [-0.25, -0.2) is 8.78 Å². The average Bonchev–Trinajstić information content (AvgIpc) is 2.79. The molecule has 0 saturated heterocycles. The maximum absolute atomic E-state index is 13.0. The Hall–Kier alpha value is -1.89. The fourth-order valence-electron chi connectivity index (χ4n) is 1.50. The second-order valence-corrected chi connectivity index (χ2v) is 5.32. The molecule has 0 unspecified atom stereocenters. The number of aromatic nitrogens is 2. The quantitative estimate of drug-likeness (QED) is 0.834. The summed E-state index contributed by atoms with van der Waals surface area (Å²) in [5.41, 5.74) is 0.853. The minimum absolute atomic E-state index is 0.160. The van der Waals surface area contributed by atoms with Gasteiger partial charge in [-0.1, -0.05) is 0 Å². The standard InChI is InChI=1S/C13H13F2N3OS/c1-8-7-16-18-13(8)17-12(19)4-5-20-9-2-3-10(14)11(15)6-9/h2-3,6-7H,4-5H2,1H3,(H2,16,17,18,19). The molecule has 0 atom stereocenters. The Balaban J connectivity index is 1.79. The number of thioether (sulfide) groups is 1. The van der Waals surface area contributed by atoms with Gasteiger partial charge in [-0.3, -0.25) is 9.89 Å². The third kappa shape index (κ3) is 3.80. The minimum atomic E-state index is -0.882. The number of halogens is 2. The minimum Gasteiger partial charge on any atom is -0.311 e. The number of aromatic amines is 1. The van der Waals surface area contributed by atoms with E-state index < -0.39 is 11.6 Å². The first-order valence-electron chi connectivity index (χ1n) is 5.94. The van der Waals surface area contributed by atoms with Gasteiger partial charge in [0.25, 0.3) is 0 Å². The number of aryl methyl sites for hydroxylation is 1. The highest BCUT2D eigenvalue weighted by Crippen LogP contribution is 2.21. The Morgan fingerprint density at radius 2 is 2.20 bits per heavy atom. The molecule has 0 aliphatic carbocycles. The average molecular weight is 297 g/mol. The summed E-state index contributed by atoms with van der Waals surface area (Å²) in [6.45, 7) is 1.83. The number of nitrogens with zero attached hydrogens (tertiary/aromatic N) is 1. The maximum atomic E-state index is 13.0. The first-order chi connectivity index (χ1) is 9.56. The summed E-state index contributed by atoms with van der Waals surface area (Å²) in [5, 5.41) is 9.17. The number of amides is 1. The van der Waals surface area contributed by atoms with E-state index in [0.29, 0.717) is 16.5 Å². The molecule has 0 spiro atoms. The van der Waals surface area contributed by atoms with Crippen LogP contribution in [-0.2, 0) is 4.79 Å². The van der Waals surface area contributed by atoms with Crippen molar-refractivity contribution >= 4 is 23.5 Å². The van der Waals surface area contributed by atoms with Gasteiger partial charge in [0, 0.05) is 22.6 Å². The van der Waals surface area contributed by atoms with Gasteiger partial charge >= 0.3 is 0 Å². The van der Waals surface area contributed by atoms with Gasteiger partial charge in [-0.15, -0.1) is 11.8 Å². The van der Waals surface area contributed by atoms with Crippen molar-refractivity contribution in [2.24, 2.45) is 0 Å².